The molecule has 3 nitrogen and oxygen atoms in total. The lowest BCUT2D eigenvalue weighted by molar-refractivity contribution is 0.125. The average Bonchev–Trinajstić information content (AvgIpc) is 2.46. The van der Waals surface area contributed by atoms with Gasteiger partial charge in [-0.3, -0.25) is 0 Å². The van der Waals surface area contributed by atoms with E-state index in [-0.39, 0.29) is 6.04 Å². The highest BCUT2D eigenvalue weighted by atomic mass is 35.5. The zero-order valence-electron chi connectivity index (χ0n) is 13.4. The average molecular weight is 311 g/mol. The van der Waals surface area contributed by atoms with E-state index in [1.54, 1.807) is 0 Å². The summed E-state index contributed by atoms with van der Waals surface area (Å²) in [4.78, 5) is 2.40. The smallest absolute Gasteiger partial charge is 0.120 e. The Balaban J connectivity index is 1.93. The van der Waals surface area contributed by atoms with Crippen LogP contribution in [-0.2, 0) is 0 Å². The molecule has 4 heteroatoms. The number of halogens is 1. The molecule has 0 spiro atoms. The third-order valence-corrected chi connectivity index (χ3v) is 4.64. The molecule has 21 heavy (non-hydrogen) atoms. The van der Waals surface area contributed by atoms with Crippen molar-refractivity contribution < 1.29 is 4.74 Å². The lowest BCUT2D eigenvalue weighted by Crippen LogP contribution is -2.40. The predicted octanol–water partition coefficient (Wildman–Crippen LogP) is 3.87. The normalized spacial score (nSPS) is 21.2. The summed E-state index contributed by atoms with van der Waals surface area (Å²) in [5.41, 5.74) is 1.13. The first-order valence-electron chi connectivity index (χ1n) is 7.97. The molecule has 0 aromatic heterocycles. The Labute approximate surface area is 133 Å². The summed E-state index contributed by atoms with van der Waals surface area (Å²) in [6.45, 7) is 7.08. The number of likely N-dealkylation sites (N-methyl/N-ethyl adjacent to an activating group) is 1. The van der Waals surface area contributed by atoms with Gasteiger partial charge in [-0.1, -0.05) is 31.0 Å². The van der Waals surface area contributed by atoms with E-state index in [4.69, 9.17) is 16.3 Å². The fourth-order valence-electron chi connectivity index (χ4n) is 2.91. The number of ether oxygens (including phenoxy) is 1. The molecule has 1 aliphatic heterocycles. The van der Waals surface area contributed by atoms with Crippen LogP contribution in [0, 0.1) is 0 Å². The van der Waals surface area contributed by atoms with Gasteiger partial charge in [0.2, 0.25) is 0 Å². The topological polar surface area (TPSA) is 24.5 Å². The van der Waals surface area contributed by atoms with Crippen molar-refractivity contribution in [3.8, 4) is 5.75 Å². The minimum absolute atomic E-state index is 0.265. The van der Waals surface area contributed by atoms with Crippen molar-refractivity contribution in [2.45, 2.75) is 45.2 Å². The Kier molecular flexibility index (Phi) is 6.34. The monoisotopic (exact) mass is 310 g/mol. The van der Waals surface area contributed by atoms with Gasteiger partial charge >= 0.3 is 0 Å². The van der Waals surface area contributed by atoms with E-state index in [1.165, 1.54) is 25.8 Å². The molecule has 0 radical (unpaired) electrons. The first kappa shape index (κ1) is 16.6. The molecule has 118 valence electrons. The fraction of sp³-hybridized carbons (Fsp3) is 0.647. The summed E-state index contributed by atoms with van der Waals surface area (Å²) in [5.74, 6) is 0.867. The summed E-state index contributed by atoms with van der Waals surface area (Å²) >= 11 is 6.38. The molecule has 2 atom stereocenters. The van der Waals surface area contributed by atoms with Gasteiger partial charge in [-0.2, -0.15) is 0 Å². The van der Waals surface area contributed by atoms with Crippen molar-refractivity contribution in [3.63, 3.8) is 0 Å². The van der Waals surface area contributed by atoms with Gasteiger partial charge in [0.05, 0.1) is 0 Å². The minimum atomic E-state index is 0.265. The van der Waals surface area contributed by atoms with E-state index in [2.05, 4.69) is 37.2 Å². The number of hydrogen-bond donors (Lipinski definition) is 1. The molecule has 2 rings (SSSR count). The standard InChI is InChI=1S/C17H27ClN2O/c1-4-19-13(2)16-9-8-15(11-17(16)18)21-12-14-7-5-6-10-20(14)3/h8-9,11,13-14,19H,4-7,10,12H2,1-3H3. The van der Waals surface area contributed by atoms with E-state index in [1.807, 2.05) is 12.1 Å². The van der Waals surface area contributed by atoms with Crippen LogP contribution in [0.1, 0.15) is 44.7 Å². The van der Waals surface area contributed by atoms with Crippen LogP contribution in [0.25, 0.3) is 0 Å². The van der Waals surface area contributed by atoms with Crippen LogP contribution in [0.15, 0.2) is 18.2 Å². The maximum atomic E-state index is 6.38. The lowest BCUT2D eigenvalue weighted by Gasteiger charge is -2.32. The number of nitrogens with one attached hydrogen (secondary N) is 1. The van der Waals surface area contributed by atoms with Gasteiger partial charge in [-0.15, -0.1) is 0 Å². The molecule has 1 fully saturated rings. The van der Waals surface area contributed by atoms with E-state index < -0.39 is 0 Å². The van der Waals surface area contributed by atoms with Gasteiger partial charge in [-0.25, -0.2) is 0 Å². The molecule has 0 saturated carbocycles. The summed E-state index contributed by atoms with van der Waals surface area (Å²) in [6.07, 6.45) is 3.83. The first-order chi connectivity index (χ1) is 10.1. The van der Waals surface area contributed by atoms with E-state index in [9.17, 15) is 0 Å². The highest BCUT2D eigenvalue weighted by Crippen LogP contribution is 2.27. The second-order valence-corrected chi connectivity index (χ2v) is 6.31. The molecule has 1 aromatic carbocycles. The number of benzene rings is 1. The Morgan fingerprint density at radius 1 is 1.43 bits per heavy atom. The first-order valence-corrected chi connectivity index (χ1v) is 8.35. The van der Waals surface area contributed by atoms with Gasteiger partial charge in [-0.05, 0) is 57.6 Å². The van der Waals surface area contributed by atoms with Crippen LogP contribution < -0.4 is 10.1 Å². The summed E-state index contributed by atoms with van der Waals surface area (Å²) < 4.78 is 5.94. The third-order valence-electron chi connectivity index (χ3n) is 4.31. The van der Waals surface area contributed by atoms with Crippen molar-refractivity contribution in [2.75, 3.05) is 26.7 Å². The Morgan fingerprint density at radius 2 is 2.24 bits per heavy atom. The van der Waals surface area contributed by atoms with Crippen LogP contribution in [0.5, 0.6) is 5.75 Å². The Bertz CT molecular complexity index is 452. The van der Waals surface area contributed by atoms with Crippen molar-refractivity contribution in [2.24, 2.45) is 0 Å². The molecule has 1 aliphatic rings. The number of piperidine rings is 1. The molecule has 0 aliphatic carbocycles. The predicted molar refractivity (Wildman–Crippen MR) is 89.3 cm³/mol. The zero-order chi connectivity index (χ0) is 15.2. The summed E-state index contributed by atoms with van der Waals surface area (Å²) in [7, 11) is 2.18. The van der Waals surface area contributed by atoms with Crippen molar-refractivity contribution in [3.05, 3.63) is 28.8 Å². The van der Waals surface area contributed by atoms with E-state index in [0.717, 1.165) is 29.5 Å². The summed E-state index contributed by atoms with van der Waals surface area (Å²) in [6, 6.07) is 6.82. The van der Waals surface area contributed by atoms with Gasteiger partial charge in [0.15, 0.2) is 0 Å². The lowest BCUT2D eigenvalue weighted by atomic mass is 10.0. The second-order valence-electron chi connectivity index (χ2n) is 5.90. The highest BCUT2D eigenvalue weighted by Gasteiger charge is 2.19. The molecule has 1 heterocycles. The minimum Gasteiger partial charge on any atom is -0.492 e. The number of hydrogen-bond acceptors (Lipinski definition) is 3. The van der Waals surface area contributed by atoms with Gasteiger partial charge in [0.25, 0.3) is 0 Å². The zero-order valence-corrected chi connectivity index (χ0v) is 14.1. The van der Waals surface area contributed by atoms with Gasteiger partial charge < -0.3 is 15.0 Å². The number of nitrogens with zero attached hydrogens (tertiary/aromatic N) is 1. The molecule has 1 saturated heterocycles. The van der Waals surface area contributed by atoms with Crippen LogP contribution in [0.4, 0.5) is 0 Å². The molecule has 1 aromatic rings. The molecule has 2 unspecified atom stereocenters. The second kappa shape index (κ2) is 8.02. The molecule has 0 amide bonds. The van der Waals surface area contributed by atoms with Crippen LogP contribution in [0.3, 0.4) is 0 Å². The molecule has 0 bridgehead atoms. The maximum Gasteiger partial charge on any atom is 0.120 e. The van der Waals surface area contributed by atoms with Gasteiger partial charge in [0, 0.05) is 17.1 Å². The molecule has 1 N–H and O–H groups in total. The van der Waals surface area contributed by atoms with E-state index in [0.29, 0.717) is 6.04 Å². The quantitative estimate of drug-likeness (QED) is 0.863. The van der Waals surface area contributed by atoms with Crippen molar-refractivity contribution >= 4 is 11.6 Å². The molecular formula is C17H27ClN2O. The van der Waals surface area contributed by atoms with Crippen molar-refractivity contribution in [1.29, 1.82) is 0 Å². The SMILES string of the molecule is CCNC(C)c1ccc(OCC2CCCCN2C)cc1Cl. The number of rotatable bonds is 6. The van der Waals surface area contributed by atoms with Crippen LogP contribution >= 0.6 is 11.6 Å². The largest absolute Gasteiger partial charge is 0.492 e. The Morgan fingerprint density at radius 3 is 2.90 bits per heavy atom. The Hall–Kier alpha value is -0.770. The molecular weight excluding hydrogens is 284 g/mol. The third kappa shape index (κ3) is 4.60. The summed E-state index contributed by atoms with van der Waals surface area (Å²) in [5, 5.41) is 4.16. The van der Waals surface area contributed by atoms with Crippen LogP contribution in [-0.4, -0.2) is 37.7 Å². The fourth-order valence-corrected chi connectivity index (χ4v) is 3.25. The van der Waals surface area contributed by atoms with E-state index >= 15 is 0 Å². The van der Waals surface area contributed by atoms with Crippen LogP contribution in [0.2, 0.25) is 5.02 Å². The maximum absolute atomic E-state index is 6.38. The number of likely N-dealkylation sites (tertiary alicyclic amines) is 1. The van der Waals surface area contributed by atoms with Crippen molar-refractivity contribution in [1.82, 2.24) is 10.2 Å². The van der Waals surface area contributed by atoms with Gasteiger partial charge in [0.1, 0.15) is 12.4 Å². The highest BCUT2D eigenvalue weighted by molar-refractivity contribution is 6.31.